The molecule has 0 atom stereocenters. The Bertz CT molecular complexity index is 1020. The summed E-state index contributed by atoms with van der Waals surface area (Å²) in [4.78, 5) is 23.6. The van der Waals surface area contributed by atoms with Gasteiger partial charge < -0.3 is 0 Å². The lowest BCUT2D eigenvalue weighted by atomic mass is 10.2. The van der Waals surface area contributed by atoms with Crippen molar-refractivity contribution in [3.8, 4) is 11.3 Å². The van der Waals surface area contributed by atoms with Crippen LogP contribution >= 0.6 is 0 Å². The van der Waals surface area contributed by atoms with Crippen molar-refractivity contribution >= 4 is 11.3 Å². The van der Waals surface area contributed by atoms with E-state index in [1.165, 1.54) is 16.7 Å². The van der Waals surface area contributed by atoms with E-state index in [4.69, 9.17) is 0 Å². The summed E-state index contributed by atoms with van der Waals surface area (Å²) in [6, 6.07) is 5.98. The van der Waals surface area contributed by atoms with Crippen molar-refractivity contribution < 1.29 is 4.39 Å². The molecule has 0 bridgehead atoms. The fourth-order valence-electron chi connectivity index (χ4n) is 2.38. The lowest BCUT2D eigenvalue weighted by molar-refractivity contribution is 0.626. The van der Waals surface area contributed by atoms with Crippen LogP contribution in [0.15, 0.2) is 47.7 Å². The van der Waals surface area contributed by atoms with Gasteiger partial charge in [-0.2, -0.15) is 5.10 Å². The molecule has 2 N–H and O–H groups in total. The predicted molar refractivity (Wildman–Crippen MR) is 81.2 cm³/mol. The molecule has 4 rings (SSSR count). The first-order valence-electron chi connectivity index (χ1n) is 6.90. The second-order valence-corrected chi connectivity index (χ2v) is 5.06. The summed E-state index contributed by atoms with van der Waals surface area (Å²) in [6.45, 7) is 0.291. The average Bonchev–Trinajstić information content (AvgIpc) is 3.18. The van der Waals surface area contributed by atoms with Crippen molar-refractivity contribution in [2.45, 2.75) is 6.54 Å². The van der Waals surface area contributed by atoms with E-state index in [9.17, 15) is 9.18 Å². The zero-order valence-electron chi connectivity index (χ0n) is 11.8. The van der Waals surface area contributed by atoms with Crippen molar-refractivity contribution in [1.82, 2.24) is 29.7 Å². The van der Waals surface area contributed by atoms with E-state index >= 15 is 0 Å². The first kappa shape index (κ1) is 13.4. The Labute approximate surface area is 128 Å². The van der Waals surface area contributed by atoms with Crippen LogP contribution in [0.5, 0.6) is 0 Å². The molecule has 0 unspecified atom stereocenters. The fourth-order valence-corrected chi connectivity index (χ4v) is 2.38. The van der Waals surface area contributed by atoms with Crippen molar-refractivity contribution in [2.75, 3.05) is 0 Å². The van der Waals surface area contributed by atoms with Crippen LogP contribution in [0.1, 0.15) is 5.56 Å². The number of H-pyrrole nitrogens is 2. The Morgan fingerprint density at radius 2 is 2.00 bits per heavy atom. The van der Waals surface area contributed by atoms with Gasteiger partial charge in [0.1, 0.15) is 5.82 Å². The van der Waals surface area contributed by atoms with Gasteiger partial charge in [0.25, 0.3) is 0 Å². The molecular formula is C15H11FN6O. The zero-order chi connectivity index (χ0) is 15.8. The second-order valence-electron chi connectivity index (χ2n) is 5.06. The lowest BCUT2D eigenvalue weighted by Gasteiger charge is -2.03. The van der Waals surface area contributed by atoms with Gasteiger partial charge in [0.15, 0.2) is 11.3 Å². The quantitative estimate of drug-likeness (QED) is 0.602. The summed E-state index contributed by atoms with van der Waals surface area (Å²) in [5.41, 5.74) is 2.74. The molecule has 0 spiro atoms. The summed E-state index contributed by atoms with van der Waals surface area (Å²) >= 11 is 0. The highest BCUT2D eigenvalue weighted by Crippen LogP contribution is 2.16. The number of nitrogens with one attached hydrogen (secondary N) is 2. The molecule has 4 aromatic rings. The highest BCUT2D eigenvalue weighted by atomic mass is 19.1. The van der Waals surface area contributed by atoms with Gasteiger partial charge in [-0.25, -0.2) is 19.2 Å². The highest BCUT2D eigenvalue weighted by molar-refractivity contribution is 5.70. The van der Waals surface area contributed by atoms with Gasteiger partial charge in [0.05, 0.1) is 24.6 Å². The van der Waals surface area contributed by atoms with Gasteiger partial charge in [-0.15, -0.1) is 0 Å². The third-order valence-corrected chi connectivity index (χ3v) is 3.53. The molecule has 0 amide bonds. The molecule has 7 nitrogen and oxygen atoms in total. The molecule has 3 heterocycles. The molecule has 8 heteroatoms. The minimum atomic E-state index is -0.315. The van der Waals surface area contributed by atoms with Crippen LogP contribution in [0.3, 0.4) is 0 Å². The normalized spacial score (nSPS) is 11.2. The summed E-state index contributed by atoms with van der Waals surface area (Å²) in [7, 11) is 0. The molecule has 1 aromatic carbocycles. The maximum Gasteiger partial charge on any atom is 0.329 e. The summed E-state index contributed by atoms with van der Waals surface area (Å²) < 4.78 is 14.4. The third-order valence-electron chi connectivity index (χ3n) is 3.53. The number of nitrogens with zero attached hydrogens (tertiary/aromatic N) is 4. The van der Waals surface area contributed by atoms with E-state index in [1.807, 2.05) is 0 Å². The van der Waals surface area contributed by atoms with E-state index in [1.54, 1.807) is 30.7 Å². The third kappa shape index (κ3) is 2.39. The maximum atomic E-state index is 13.0. The van der Waals surface area contributed by atoms with Crippen molar-refractivity contribution in [2.24, 2.45) is 0 Å². The van der Waals surface area contributed by atoms with Crippen LogP contribution < -0.4 is 5.69 Å². The van der Waals surface area contributed by atoms with Crippen LogP contribution in [0.4, 0.5) is 4.39 Å². The maximum absolute atomic E-state index is 13.0. The second kappa shape index (κ2) is 5.16. The van der Waals surface area contributed by atoms with Crippen LogP contribution in [-0.2, 0) is 6.54 Å². The largest absolute Gasteiger partial charge is 0.329 e. The Kier molecular flexibility index (Phi) is 3.00. The first-order chi connectivity index (χ1) is 11.2. The monoisotopic (exact) mass is 310 g/mol. The van der Waals surface area contributed by atoms with Crippen LogP contribution in [0.2, 0.25) is 0 Å². The number of halogens is 1. The van der Waals surface area contributed by atoms with E-state index in [0.717, 1.165) is 11.1 Å². The van der Waals surface area contributed by atoms with Gasteiger partial charge >= 0.3 is 5.69 Å². The van der Waals surface area contributed by atoms with Crippen molar-refractivity contribution in [1.29, 1.82) is 0 Å². The van der Waals surface area contributed by atoms with Gasteiger partial charge in [0, 0.05) is 11.8 Å². The molecule has 114 valence electrons. The van der Waals surface area contributed by atoms with Gasteiger partial charge in [0.2, 0.25) is 0 Å². The molecule has 3 aromatic heterocycles. The van der Waals surface area contributed by atoms with E-state index < -0.39 is 0 Å². The Morgan fingerprint density at radius 3 is 2.74 bits per heavy atom. The average molecular weight is 310 g/mol. The van der Waals surface area contributed by atoms with E-state index in [0.29, 0.717) is 23.5 Å². The molecule has 0 aliphatic carbocycles. The summed E-state index contributed by atoms with van der Waals surface area (Å²) in [5, 5.41) is 6.57. The van der Waals surface area contributed by atoms with Crippen molar-refractivity contribution in [3.63, 3.8) is 0 Å². The number of benzene rings is 1. The highest BCUT2D eigenvalue weighted by Gasteiger charge is 2.12. The number of aromatic amines is 2. The molecule has 0 saturated heterocycles. The fraction of sp³-hybridized carbons (Fsp3) is 0.0667. The number of imidazole rings is 1. The minimum Gasteiger partial charge on any atom is -0.289 e. The van der Waals surface area contributed by atoms with Crippen LogP contribution in [0, 0.1) is 5.82 Å². The molecule has 0 saturated carbocycles. The molecule has 23 heavy (non-hydrogen) atoms. The van der Waals surface area contributed by atoms with E-state index in [-0.39, 0.29) is 11.5 Å². The zero-order valence-corrected chi connectivity index (χ0v) is 11.8. The molecule has 0 fully saturated rings. The van der Waals surface area contributed by atoms with E-state index in [2.05, 4.69) is 25.1 Å². The van der Waals surface area contributed by atoms with Gasteiger partial charge in [-0.1, -0.05) is 12.1 Å². The first-order valence-corrected chi connectivity index (χ1v) is 6.90. The number of aromatic nitrogens is 6. The SMILES string of the molecule is O=c1[nH]c2nc(-c3cn[nH]c3)cnc2n1Cc1ccc(F)cc1. The Morgan fingerprint density at radius 1 is 1.17 bits per heavy atom. The predicted octanol–water partition coefficient (Wildman–Crippen LogP) is 1.70. The van der Waals surface area contributed by atoms with Gasteiger partial charge in [-0.05, 0) is 17.7 Å². The number of hydrogen-bond donors (Lipinski definition) is 2. The standard InChI is InChI=1S/C15H11FN6O/c16-11-3-1-9(2-4-11)8-22-14-13(21-15(22)23)20-12(7-17-14)10-5-18-19-6-10/h1-7H,8H2,(H,18,19)(H,20,21,23). The van der Waals surface area contributed by atoms with Crippen LogP contribution in [-0.4, -0.2) is 29.7 Å². The summed E-state index contributed by atoms with van der Waals surface area (Å²) in [5.74, 6) is -0.315. The smallest absolute Gasteiger partial charge is 0.289 e. The Hall–Kier alpha value is -3.29. The van der Waals surface area contributed by atoms with Crippen LogP contribution in [0.25, 0.3) is 22.6 Å². The van der Waals surface area contributed by atoms with Gasteiger partial charge in [-0.3, -0.25) is 14.6 Å². The number of rotatable bonds is 3. The van der Waals surface area contributed by atoms with Crippen molar-refractivity contribution in [3.05, 3.63) is 64.7 Å². The molecular weight excluding hydrogens is 299 g/mol. The topological polar surface area (TPSA) is 92.2 Å². The minimum absolute atomic E-state index is 0.291. The summed E-state index contributed by atoms with van der Waals surface area (Å²) in [6.07, 6.45) is 4.91. The Balaban J connectivity index is 1.77. The number of fused-ring (bicyclic) bond motifs is 1. The lowest BCUT2D eigenvalue weighted by Crippen LogP contribution is -2.17. The number of hydrogen-bond acceptors (Lipinski definition) is 4. The molecule has 0 radical (unpaired) electrons. The molecule has 0 aliphatic rings. The molecule has 0 aliphatic heterocycles.